The van der Waals surface area contributed by atoms with E-state index in [0.717, 1.165) is 25.7 Å². The largest absolute Gasteiger partial charge is 0.852 e. The van der Waals surface area contributed by atoms with E-state index in [1.807, 2.05) is 0 Å². The van der Waals surface area contributed by atoms with Crippen molar-refractivity contribution in [2.45, 2.75) is 62.5 Å². The van der Waals surface area contributed by atoms with Gasteiger partial charge in [0.15, 0.2) is 6.61 Å². The van der Waals surface area contributed by atoms with Gasteiger partial charge < -0.3 is 19.7 Å². The lowest BCUT2D eigenvalue weighted by Crippen LogP contribution is -2.56. The van der Waals surface area contributed by atoms with Gasteiger partial charge in [0, 0.05) is 11.5 Å². The molecule has 0 aliphatic heterocycles. The Morgan fingerprint density at radius 3 is 2.42 bits per heavy atom. The summed E-state index contributed by atoms with van der Waals surface area (Å²) in [6.45, 7) is -3.21. The zero-order valence-corrected chi connectivity index (χ0v) is 19.2. The quantitative estimate of drug-likeness (QED) is 0.392. The highest BCUT2D eigenvalue weighted by atomic mass is 19.3. The van der Waals surface area contributed by atoms with Gasteiger partial charge in [0.1, 0.15) is 11.9 Å². The minimum absolute atomic E-state index is 0.116. The van der Waals surface area contributed by atoms with Crippen molar-refractivity contribution in [1.29, 1.82) is 0 Å². The van der Waals surface area contributed by atoms with Crippen molar-refractivity contribution >= 4 is 5.78 Å². The number of alkyl halides is 6. The van der Waals surface area contributed by atoms with Crippen LogP contribution in [0.4, 0.5) is 26.3 Å². The van der Waals surface area contributed by atoms with Gasteiger partial charge in [-0.1, -0.05) is 49.6 Å². The summed E-state index contributed by atoms with van der Waals surface area (Å²) in [6.07, 6.45) is 0.783. The molecule has 0 saturated heterocycles. The molecule has 0 radical (unpaired) electrons. The Balaban J connectivity index is 1.64. The van der Waals surface area contributed by atoms with E-state index in [0.29, 0.717) is 18.1 Å². The molecule has 0 aromatic carbocycles. The Bertz CT molecular complexity index is 907. The van der Waals surface area contributed by atoms with Gasteiger partial charge >= 0.3 is 18.1 Å². The highest BCUT2D eigenvalue weighted by Crippen LogP contribution is 2.41. The first-order valence-electron chi connectivity index (χ1n) is 11.5. The van der Waals surface area contributed by atoms with Crippen molar-refractivity contribution in [3.05, 3.63) is 47.8 Å². The Labute approximate surface area is 203 Å². The molecule has 12 heteroatoms. The van der Waals surface area contributed by atoms with Crippen molar-refractivity contribution < 1.29 is 55.6 Å². The predicted octanol–water partition coefficient (Wildman–Crippen LogP) is 3.66. The maximum absolute atomic E-state index is 14.1. The van der Waals surface area contributed by atoms with Crippen LogP contribution in [0.5, 0.6) is 0 Å². The number of allylic oxidation sites excluding steroid dienone is 4. The van der Waals surface area contributed by atoms with Crippen LogP contribution in [0, 0.1) is 11.8 Å². The zero-order valence-electron chi connectivity index (χ0n) is 19.2. The highest BCUT2D eigenvalue weighted by molar-refractivity contribution is 5.90. The number of ketones is 1. The normalized spacial score (nSPS) is 24.1. The average Bonchev–Trinajstić information content (AvgIpc) is 2.85. The molecule has 0 amide bonds. The number of fused-ring (bicyclic) bond motifs is 1. The molecular formula is C24H27F6O6-. The number of hydrogen-bond acceptors (Lipinski definition) is 6. The summed E-state index contributed by atoms with van der Waals surface area (Å²) < 4.78 is 97.0. The van der Waals surface area contributed by atoms with Crippen LogP contribution < -0.4 is 5.11 Å². The molecule has 202 valence electrons. The van der Waals surface area contributed by atoms with Gasteiger partial charge in [-0.25, -0.2) is 4.74 Å². The summed E-state index contributed by atoms with van der Waals surface area (Å²) in [7, 11) is 0. The topological polar surface area (TPSA) is 88.1 Å². The van der Waals surface area contributed by atoms with Crippen LogP contribution in [0.15, 0.2) is 47.8 Å². The van der Waals surface area contributed by atoms with E-state index < -0.39 is 55.3 Å². The van der Waals surface area contributed by atoms with Crippen LogP contribution in [-0.4, -0.2) is 61.1 Å². The molecule has 3 aliphatic carbocycles. The van der Waals surface area contributed by atoms with Crippen LogP contribution in [0.2, 0.25) is 0 Å². The second kappa shape index (κ2) is 11.5. The number of halogens is 6. The standard InChI is InChI=1S/C24H27F6O6/c25-22(26,36-24(29,30)23(27,28)21(33)18(32)12-31)14-35-20-11-10-19(16-8-4-5-9-17(16)20)34-13-15-6-2-1-3-7-15/h4-5,8-11,15-16,18-19,32H,1-3,6-7,12-14H2/q-1. The van der Waals surface area contributed by atoms with Gasteiger partial charge in [-0.15, -0.1) is 6.61 Å². The van der Waals surface area contributed by atoms with E-state index in [1.165, 1.54) is 12.5 Å². The number of hydrogen-bond donors (Lipinski definition) is 1. The molecule has 1 fully saturated rings. The smallest absolute Gasteiger partial charge is 0.431 e. The fraction of sp³-hybridized carbons (Fsp3) is 0.625. The minimum Gasteiger partial charge on any atom is -0.852 e. The first kappa shape index (κ1) is 28.4. The lowest BCUT2D eigenvalue weighted by molar-refractivity contribution is -0.427. The van der Waals surface area contributed by atoms with E-state index in [9.17, 15) is 36.2 Å². The molecule has 0 bridgehead atoms. The van der Waals surface area contributed by atoms with Gasteiger partial charge in [0.25, 0.3) is 0 Å². The van der Waals surface area contributed by atoms with Crippen LogP contribution in [-0.2, 0) is 19.0 Å². The van der Waals surface area contributed by atoms with Gasteiger partial charge in [-0.05, 0) is 24.8 Å². The molecule has 6 nitrogen and oxygen atoms in total. The van der Waals surface area contributed by atoms with E-state index in [-0.39, 0.29) is 5.76 Å². The molecule has 0 spiro atoms. The minimum atomic E-state index is -6.03. The molecule has 1 saturated carbocycles. The third kappa shape index (κ3) is 6.58. The first-order chi connectivity index (χ1) is 16.9. The fourth-order valence-corrected chi connectivity index (χ4v) is 4.25. The molecule has 3 rings (SSSR count). The molecule has 3 atom stereocenters. The van der Waals surface area contributed by atoms with Crippen LogP contribution in [0.1, 0.15) is 32.1 Å². The van der Waals surface area contributed by atoms with Crippen molar-refractivity contribution in [3.63, 3.8) is 0 Å². The first-order valence-corrected chi connectivity index (χ1v) is 11.5. The number of ether oxygens (including phenoxy) is 3. The van der Waals surface area contributed by atoms with Gasteiger partial charge in [0.05, 0.1) is 12.7 Å². The maximum Gasteiger partial charge on any atom is 0.431 e. The summed E-state index contributed by atoms with van der Waals surface area (Å²) in [5, 5.41) is 19.2. The number of aliphatic hydroxyl groups excluding tert-OH is 1. The Hall–Kier alpha value is -2.15. The number of Topliss-reactive ketones (excluding diaryl/α,β-unsaturated/α-hetero) is 1. The van der Waals surface area contributed by atoms with Crippen molar-refractivity contribution in [2.24, 2.45) is 11.8 Å². The number of rotatable bonds is 12. The Kier molecular flexibility index (Phi) is 9.07. The van der Waals surface area contributed by atoms with E-state index in [4.69, 9.17) is 14.6 Å². The van der Waals surface area contributed by atoms with Gasteiger partial charge in [-0.3, -0.25) is 4.79 Å². The number of carbonyl (C=O) groups excluding carboxylic acids is 1. The lowest BCUT2D eigenvalue weighted by atomic mass is 9.84. The van der Waals surface area contributed by atoms with E-state index in [2.05, 4.69) is 4.74 Å². The van der Waals surface area contributed by atoms with Crippen molar-refractivity contribution in [3.8, 4) is 0 Å². The summed E-state index contributed by atoms with van der Waals surface area (Å²) in [5.74, 6) is -8.89. The van der Waals surface area contributed by atoms with Gasteiger partial charge in [0.2, 0.25) is 5.78 Å². The molecule has 0 aromatic rings. The van der Waals surface area contributed by atoms with Crippen molar-refractivity contribution in [2.75, 3.05) is 19.8 Å². The van der Waals surface area contributed by atoms with E-state index >= 15 is 0 Å². The zero-order chi connectivity index (χ0) is 26.6. The summed E-state index contributed by atoms with van der Waals surface area (Å²) >= 11 is 0. The maximum atomic E-state index is 14.1. The third-order valence-electron chi connectivity index (χ3n) is 6.20. The monoisotopic (exact) mass is 525 g/mol. The molecule has 36 heavy (non-hydrogen) atoms. The molecule has 3 aliphatic rings. The SMILES string of the molecule is O=C(C(O)C[O-])C(F)(F)C(F)(F)OC(F)(F)COC1=C2C=CC=CC2C(OCC2CCCCC2)C=C1. The summed E-state index contributed by atoms with van der Waals surface area (Å²) in [5.41, 5.74) is 0.426. The van der Waals surface area contributed by atoms with Crippen LogP contribution in [0.25, 0.3) is 0 Å². The summed E-state index contributed by atoms with van der Waals surface area (Å²) in [4.78, 5) is 11.2. The third-order valence-corrected chi connectivity index (χ3v) is 6.20. The second-order valence-corrected chi connectivity index (χ2v) is 8.92. The van der Waals surface area contributed by atoms with Crippen LogP contribution >= 0.6 is 0 Å². The fourth-order valence-electron chi connectivity index (χ4n) is 4.25. The molecule has 3 unspecified atom stereocenters. The van der Waals surface area contributed by atoms with Crippen molar-refractivity contribution in [1.82, 2.24) is 0 Å². The molecule has 0 heterocycles. The summed E-state index contributed by atoms with van der Waals surface area (Å²) in [6, 6.07) is 0. The highest BCUT2D eigenvalue weighted by Gasteiger charge is 2.67. The molecule has 0 aromatic heterocycles. The Morgan fingerprint density at radius 2 is 1.75 bits per heavy atom. The lowest BCUT2D eigenvalue weighted by Gasteiger charge is -2.33. The number of aliphatic hydroxyl groups is 1. The Morgan fingerprint density at radius 1 is 1.06 bits per heavy atom. The predicted molar refractivity (Wildman–Crippen MR) is 112 cm³/mol. The van der Waals surface area contributed by atoms with Gasteiger partial charge in [-0.2, -0.15) is 26.3 Å². The molecular weight excluding hydrogens is 498 g/mol. The van der Waals surface area contributed by atoms with Crippen LogP contribution in [0.3, 0.4) is 0 Å². The average molecular weight is 525 g/mol. The molecule has 1 N–H and O–H groups in total. The second-order valence-electron chi connectivity index (χ2n) is 8.92. The number of carbonyl (C=O) groups is 1. The van der Waals surface area contributed by atoms with E-state index in [1.54, 1.807) is 30.4 Å².